The number of hydrogen-bond acceptors (Lipinski definition) is 2. The molecule has 1 amide bonds. The van der Waals surface area contributed by atoms with Gasteiger partial charge in [-0.25, -0.2) is 4.39 Å². The maximum Gasteiger partial charge on any atom is 0.249 e. The van der Waals surface area contributed by atoms with Gasteiger partial charge in [-0.2, -0.15) is 0 Å². The van der Waals surface area contributed by atoms with Crippen molar-refractivity contribution in [3.05, 3.63) is 59.4 Å². The van der Waals surface area contributed by atoms with E-state index >= 15 is 0 Å². The lowest BCUT2D eigenvalue weighted by Gasteiger charge is -2.10. The summed E-state index contributed by atoms with van der Waals surface area (Å²) in [6.07, 6.45) is 1.43. The van der Waals surface area contributed by atoms with Crippen LogP contribution in [0.5, 0.6) is 0 Å². The Labute approximate surface area is 151 Å². The van der Waals surface area contributed by atoms with E-state index in [-0.39, 0.29) is 17.8 Å². The molecular formula is C21H21FN2O2. The number of fused-ring (bicyclic) bond motifs is 1. The molecule has 1 fully saturated rings. The monoisotopic (exact) mass is 352 g/mol. The van der Waals surface area contributed by atoms with Gasteiger partial charge in [0.05, 0.1) is 0 Å². The number of benzene rings is 2. The van der Waals surface area contributed by atoms with E-state index < -0.39 is 0 Å². The molecule has 4 rings (SSSR count). The molecule has 1 unspecified atom stereocenters. The summed E-state index contributed by atoms with van der Waals surface area (Å²) < 4.78 is 18.6. The number of hydrogen-bond donors (Lipinski definition) is 2. The van der Waals surface area contributed by atoms with Gasteiger partial charge in [0.1, 0.15) is 11.9 Å². The van der Waals surface area contributed by atoms with Gasteiger partial charge in [-0.1, -0.05) is 6.07 Å². The molecule has 0 spiro atoms. The quantitative estimate of drug-likeness (QED) is 0.743. The van der Waals surface area contributed by atoms with Crippen LogP contribution in [0.15, 0.2) is 42.5 Å². The lowest BCUT2D eigenvalue weighted by atomic mass is 10.0. The van der Waals surface area contributed by atoms with E-state index in [2.05, 4.69) is 16.4 Å². The van der Waals surface area contributed by atoms with Gasteiger partial charge >= 0.3 is 0 Å². The number of carbonyl (C=O) groups is 1. The van der Waals surface area contributed by atoms with Crippen molar-refractivity contribution in [1.29, 1.82) is 0 Å². The zero-order valence-electron chi connectivity index (χ0n) is 14.6. The molecule has 0 aliphatic carbocycles. The smallest absolute Gasteiger partial charge is 0.249 e. The fourth-order valence-electron chi connectivity index (χ4n) is 3.48. The molecule has 5 heteroatoms. The van der Waals surface area contributed by atoms with Crippen LogP contribution in [0.1, 0.15) is 24.0 Å². The van der Waals surface area contributed by atoms with Gasteiger partial charge in [0.2, 0.25) is 5.91 Å². The molecular weight excluding hydrogens is 331 g/mol. The van der Waals surface area contributed by atoms with E-state index in [0.29, 0.717) is 13.2 Å². The number of H-pyrrole nitrogens is 1. The van der Waals surface area contributed by atoms with Crippen LogP contribution >= 0.6 is 0 Å². The molecule has 1 aliphatic rings. The van der Waals surface area contributed by atoms with E-state index in [1.54, 1.807) is 12.1 Å². The number of aromatic nitrogens is 1. The molecule has 1 atom stereocenters. The molecule has 2 heterocycles. The molecule has 3 aromatic rings. The Morgan fingerprint density at radius 1 is 1.27 bits per heavy atom. The number of halogens is 1. The third-order valence-electron chi connectivity index (χ3n) is 4.94. The fraction of sp³-hybridized carbons (Fsp3) is 0.286. The first-order valence-electron chi connectivity index (χ1n) is 8.88. The lowest BCUT2D eigenvalue weighted by Crippen LogP contribution is -2.33. The molecule has 0 saturated carbocycles. The number of carbonyl (C=O) groups excluding carboxylic acids is 1. The van der Waals surface area contributed by atoms with Crippen molar-refractivity contribution in [3.63, 3.8) is 0 Å². The molecule has 0 radical (unpaired) electrons. The largest absolute Gasteiger partial charge is 0.368 e. The zero-order valence-corrected chi connectivity index (χ0v) is 14.6. The molecule has 4 nitrogen and oxygen atoms in total. The summed E-state index contributed by atoms with van der Waals surface area (Å²) in [6, 6.07) is 12.6. The molecule has 0 bridgehead atoms. The van der Waals surface area contributed by atoms with Crippen LogP contribution in [0.2, 0.25) is 0 Å². The minimum atomic E-state index is -0.308. The molecule has 1 aliphatic heterocycles. The predicted molar refractivity (Wildman–Crippen MR) is 99.3 cm³/mol. The van der Waals surface area contributed by atoms with E-state index in [1.165, 1.54) is 12.1 Å². The molecule has 1 saturated heterocycles. The van der Waals surface area contributed by atoms with E-state index in [0.717, 1.165) is 46.1 Å². The standard InChI is InChI=1S/C21H21FN2O2/c1-13-17-11-14(12-23-21(25)19-3-2-10-26-19)4-9-18(17)24-20(13)15-5-7-16(22)8-6-15/h4-9,11,19,24H,2-3,10,12H2,1H3,(H,23,25). The second kappa shape index (κ2) is 6.92. The van der Waals surface area contributed by atoms with Crippen molar-refractivity contribution in [2.24, 2.45) is 0 Å². The number of aromatic amines is 1. The Hall–Kier alpha value is -2.66. The van der Waals surface area contributed by atoms with Crippen molar-refractivity contribution >= 4 is 16.8 Å². The molecule has 2 aromatic carbocycles. The van der Waals surface area contributed by atoms with Gasteiger partial charge in [0, 0.05) is 29.7 Å². The second-order valence-corrected chi connectivity index (χ2v) is 6.73. The minimum absolute atomic E-state index is 0.0413. The number of ether oxygens (including phenoxy) is 1. The van der Waals surface area contributed by atoms with Crippen molar-refractivity contribution in [1.82, 2.24) is 10.3 Å². The second-order valence-electron chi connectivity index (χ2n) is 6.73. The highest BCUT2D eigenvalue weighted by atomic mass is 19.1. The number of aryl methyl sites for hydroxylation is 1. The van der Waals surface area contributed by atoms with Crippen molar-refractivity contribution in [2.75, 3.05) is 6.61 Å². The first kappa shape index (κ1) is 16.8. The Balaban J connectivity index is 1.56. The van der Waals surface area contributed by atoms with E-state index in [1.807, 2.05) is 19.1 Å². The highest BCUT2D eigenvalue weighted by Crippen LogP contribution is 2.30. The summed E-state index contributed by atoms with van der Waals surface area (Å²) in [4.78, 5) is 15.5. The van der Waals surface area contributed by atoms with Crippen molar-refractivity contribution in [3.8, 4) is 11.3 Å². The summed E-state index contributed by atoms with van der Waals surface area (Å²) in [5, 5.41) is 4.06. The topological polar surface area (TPSA) is 54.1 Å². The van der Waals surface area contributed by atoms with Crippen LogP contribution in [-0.2, 0) is 16.1 Å². The first-order chi connectivity index (χ1) is 12.6. The average Bonchev–Trinajstić information content (AvgIpc) is 3.29. The van der Waals surface area contributed by atoms with E-state index in [9.17, 15) is 9.18 Å². The maximum absolute atomic E-state index is 13.2. The Morgan fingerprint density at radius 2 is 2.08 bits per heavy atom. The summed E-state index contributed by atoms with van der Waals surface area (Å²) in [7, 11) is 0. The molecule has 2 N–H and O–H groups in total. The summed E-state index contributed by atoms with van der Waals surface area (Å²) >= 11 is 0. The van der Waals surface area contributed by atoms with Gasteiger partial charge in [0.15, 0.2) is 0 Å². The van der Waals surface area contributed by atoms with Gasteiger partial charge in [-0.3, -0.25) is 4.79 Å². The average molecular weight is 352 g/mol. The maximum atomic E-state index is 13.2. The fourth-order valence-corrected chi connectivity index (χ4v) is 3.48. The van der Waals surface area contributed by atoms with Crippen molar-refractivity contribution < 1.29 is 13.9 Å². The van der Waals surface area contributed by atoms with Gasteiger partial charge in [-0.15, -0.1) is 0 Å². The third-order valence-corrected chi connectivity index (χ3v) is 4.94. The minimum Gasteiger partial charge on any atom is -0.368 e. The Morgan fingerprint density at radius 3 is 2.81 bits per heavy atom. The Kier molecular flexibility index (Phi) is 4.47. The first-order valence-corrected chi connectivity index (χ1v) is 8.88. The highest BCUT2D eigenvalue weighted by Gasteiger charge is 2.23. The van der Waals surface area contributed by atoms with Crippen LogP contribution in [0.3, 0.4) is 0 Å². The zero-order chi connectivity index (χ0) is 18.1. The highest BCUT2D eigenvalue weighted by molar-refractivity contribution is 5.91. The number of rotatable bonds is 4. The summed E-state index contributed by atoms with van der Waals surface area (Å²) in [5.74, 6) is -0.285. The SMILES string of the molecule is Cc1c(-c2ccc(F)cc2)[nH]c2ccc(CNC(=O)C3CCCO3)cc12. The molecule has 134 valence electrons. The van der Waals surface area contributed by atoms with Gasteiger partial charge in [-0.05, 0) is 72.9 Å². The van der Waals surface area contributed by atoms with Crippen molar-refractivity contribution in [2.45, 2.75) is 32.4 Å². The normalized spacial score (nSPS) is 16.9. The van der Waals surface area contributed by atoms with Crippen LogP contribution < -0.4 is 5.32 Å². The summed E-state index contributed by atoms with van der Waals surface area (Å²) in [5.41, 5.74) is 5.11. The Bertz CT molecular complexity index is 941. The summed E-state index contributed by atoms with van der Waals surface area (Å²) in [6.45, 7) is 3.19. The van der Waals surface area contributed by atoms with Crippen LogP contribution in [0.25, 0.3) is 22.2 Å². The van der Waals surface area contributed by atoms with Gasteiger partial charge < -0.3 is 15.0 Å². The van der Waals surface area contributed by atoms with Gasteiger partial charge in [0.25, 0.3) is 0 Å². The van der Waals surface area contributed by atoms with Crippen LogP contribution in [0.4, 0.5) is 4.39 Å². The third kappa shape index (κ3) is 3.22. The predicted octanol–water partition coefficient (Wildman–Crippen LogP) is 4.08. The number of amides is 1. The van der Waals surface area contributed by atoms with E-state index in [4.69, 9.17) is 4.74 Å². The van der Waals surface area contributed by atoms with Crippen LogP contribution in [0, 0.1) is 12.7 Å². The van der Waals surface area contributed by atoms with Crippen LogP contribution in [-0.4, -0.2) is 23.6 Å². The lowest BCUT2D eigenvalue weighted by molar-refractivity contribution is -0.130. The molecule has 1 aromatic heterocycles. The molecule has 26 heavy (non-hydrogen) atoms. The number of nitrogens with one attached hydrogen (secondary N) is 2.